The standard InChI is InChI=1S/C19H23ClN2O3/c1-14(13-15-4-6-16(20)7-5-15)18(23)22-8-2-3-17(22)19(24)21-9-11-25-12-10-21/h4-7,13,17H,2-3,8-12H2,1H3/b14-13+/t17-/m0/s1. The molecular weight excluding hydrogens is 340 g/mol. The van der Waals surface area contributed by atoms with Crippen molar-refractivity contribution in [2.75, 3.05) is 32.8 Å². The molecule has 5 nitrogen and oxygen atoms in total. The first-order valence-electron chi connectivity index (χ1n) is 8.67. The molecule has 2 aliphatic rings. The number of hydrogen-bond donors (Lipinski definition) is 0. The Bertz CT molecular complexity index is 666. The molecule has 2 saturated heterocycles. The van der Waals surface area contributed by atoms with Crippen molar-refractivity contribution in [1.29, 1.82) is 0 Å². The highest BCUT2D eigenvalue weighted by atomic mass is 35.5. The van der Waals surface area contributed by atoms with Crippen molar-refractivity contribution in [3.8, 4) is 0 Å². The van der Waals surface area contributed by atoms with Crippen LogP contribution < -0.4 is 0 Å². The van der Waals surface area contributed by atoms with E-state index in [9.17, 15) is 9.59 Å². The highest BCUT2D eigenvalue weighted by molar-refractivity contribution is 6.30. The van der Waals surface area contributed by atoms with Crippen LogP contribution in [-0.2, 0) is 14.3 Å². The SMILES string of the molecule is C/C(=C\c1ccc(Cl)cc1)C(=O)N1CCC[C@H]1C(=O)N1CCOCC1. The molecule has 1 aromatic carbocycles. The van der Waals surface area contributed by atoms with Gasteiger partial charge in [0.2, 0.25) is 11.8 Å². The van der Waals surface area contributed by atoms with Crippen molar-refractivity contribution >= 4 is 29.5 Å². The van der Waals surface area contributed by atoms with Crippen LogP contribution in [-0.4, -0.2) is 60.5 Å². The van der Waals surface area contributed by atoms with Crippen LogP contribution in [0.15, 0.2) is 29.8 Å². The Balaban J connectivity index is 1.71. The van der Waals surface area contributed by atoms with Gasteiger partial charge in [0.1, 0.15) is 6.04 Å². The number of nitrogens with zero attached hydrogens (tertiary/aromatic N) is 2. The zero-order valence-electron chi connectivity index (χ0n) is 14.4. The van der Waals surface area contributed by atoms with E-state index in [4.69, 9.17) is 16.3 Å². The monoisotopic (exact) mass is 362 g/mol. The average Bonchev–Trinajstić information content (AvgIpc) is 3.12. The van der Waals surface area contributed by atoms with Crippen LogP contribution in [0.5, 0.6) is 0 Å². The van der Waals surface area contributed by atoms with Crippen molar-refractivity contribution in [3.63, 3.8) is 0 Å². The molecule has 2 heterocycles. The van der Waals surface area contributed by atoms with Crippen molar-refractivity contribution in [1.82, 2.24) is 9.80 Å². The Morgan fingerprint density at radius 2 is 1.84 bits per heavy atom. The lowest BCUT2D eigenvalue weighted by atomic mass is 10.1. The lowest BCUT2D eigenvalue weighted by Gasteiger charge is -2.32. The maximum atomic E-state index is 12.9. The van der Waals surface area contributed by atoms with Gasteiger partial charge in [0.05, 0.1) is 13.2 Å². The number of likely N-dealkylation sites (tertiary alicyclic amines) is 1. The van der Waals surface area contributed by atoms with Gasteiger partial charge in [-0.3, -0.25) is 9.59 Å². The second-order valence-corrected chi connectivity index (χ2v) is 6.91. The van der Waals surface area contributed by atoms with Gasteiger partial charge in [-0.05, 0) is 43.5 Å². The fourth-order valence-electron chi connectivity index (χ4n) is 3.36. The van der Waals surface area contributed by atoms with Gasteiger partial charge in [-0.1, -0.05) is 23.7 Å². The normalized spacial score (nSPS) is 21.5. The van der Waals surface area contributed by atoms with Gasteiger partial charge in [-0.25, -0.2) is 0 Å². The molecule has 1 aromatic rings. The largest absolute Gasteiger partial charge is 0.378 e. The van der Waals surface area contributed by atoms with E-state index in [0.29, 0.717) is 43.4 Å². The average molecular weight is 363 g/mol. The molecule has 0 radical (unpaired) electrons. The van der Waals surface area contributed by atoms with Gasteiger partial charge in [0.15, 0.2) is 0 Å². The van der Waals surface area contributed by atoms with Gasteiger partial charge in [0, 0.05) is 30.2 Å². The van der Waals surface area contributed by atoms with Gasteiger partial charge in [0.25, 0.3) is 0 Å². The second-order valence-electron chi connectivity index (χ2n) is 6.47. The molecule has 0 aromatic heterocycles. The summed E-state index contributed by atoms with van der Waals surface area (Å²) in [6, 6.07) is 7.00. The number of ether oxygens (including phenoxy) is 1. The third-order valence-electron chi connectivity index (χ3n) is 4.71. The van der Waals surface area contributed by atoms with Crippen LogP contribution >= 0.6 is 11.6 Å². The van der Waals surface area contributed by atoms with Crippen LogP contribution in [0, 0.1) is 0 Å². The predicted molar refractivity (Wildman–Crippen MR) is 97.2 cm³/mol. The minimum absolute atomic E-state index is 0.0495. The topological polar surface area (TPSA) is 49.9 Å². The zero-order chi connectivity index (χ0) is 17.8. The molecule has 1 atom stereocenters. The highest BCUT2D eigenvalue weighted by Crippen LogP contribution is 2.23. The van der Waals surface area contributed by atoms with Crippen LogP contribution in [0.4, 0.5) is 0 Å². The molecule has 0 N–H and O–H groups in total. The van der Waals surface area contributed by atoms with Crippen LogP contribution in [0.1, 0.15) is 25.3 Å². The quantitative estimate of drug-likeness (QED) is 0.776. The fourth-order valence-corrected chi connectivity index (χ4v) is 3.48. The van der Waals surface area contributed by atoms with E-state index in [2.05, 4.69) is 0 Å². The van der Waals surface area contributed by atoms with Gasteiger partial charge in [-0.15, -0.1) is 0 Å². The van der Waals surface area contributed by atoms with Crippen LogP contribution in [0.2, 0.25) is 5.02 Å². The summed E-state index contributed by atoms with van der Waals surface area (Å²) >= 11 is 5.90. The Hall–Kier alpha value is -1.85. The predicted octanol–water partition coefficient (Wildman–Crippen LogP) is 2.59. The second kappa shape index (κ2) is 8.02. The number of rotatable bonds is 3. The zero-order valence-corrected chi connectivity index (χ0v) is 15.2. The Morgan fingerprint density at radius 3 is 2.52 bits per heavy atom. The third-order valence-corrected chi connectivity index (χ3v) is 4.96. The summed E-state index contributed by atoms with van der Waals surface area (Å²) in [6.45, 7) is 4.79. The number of amides is 2. The molecule has 0 bridgehead atoms. The maximum Gasteiger partial charge on any atom is 0.250 e. The molecule has 2 fully saturated rings. The Labute approximate surface area is 153 Å². The summed E-state index contributed by atoms with van der Waals surface area (Å²) in [7, 11) is 0. The lowest BCUT2D eigenvalue weighted by molar-refractivity contribution is -0.144. The van der Waals surface area contributed by atoms with E-state index in [-0.39, 0.29) is 17.9 Å². The first-order chi connectivity index (χ1) is 12.1. The molecule has 0 saturated carbocycles. The highest BCUT2D eigenvalue weighted by Gasteiger charge is 2.37. The van der Waals surface area contributed by atoms with E-state index in [1.54, 1.807) is 24.0 Å². The molecule has 134 valence electrons. The van der Waals surface area contributed by atoms with E-state index in [1.807, 2.05) is 23.1 Å². The number of hydrogen-bond acceptors (Lipinski definition) is 3. The Kier molecular flexibility index (Phi) is 5.76. The van der Waals surface area contributed by atoms with Crippen LogP contribution in [0.3, 0.4) is 0 Å². The van der Waals surface area contributed by atoms with E-state index in [0.717, 1.165) is 18.4 Å². The number of halogens is 1. The maximum absolute atomic E-state index is 12.9. The molecule has 0 spiro atoms. The molecule has 6 heteroatoms. The van der Waals surface area contributed by atoms with Crippen LogP contribution in [0.25, 0.3) is 6.08 Å². The molecule has 25 heavy (non-hydrogen) atoms. The number of carbonyl (C=O) groups excluding carboxylic acids is 2. The van der Waals surface area contributed by atoms with Gasteiger partial charge < -0.3 is 14.5 Å². The van der Waals surface area contributed by atoms with E-state index >= 15 is 0 Å². The third kappa shape index (κ3) is 4.22. The first kappa shape index (κ1) is 18.0. The van der Waals surface area contributed by atoms with E-state index in [1.165, 1.54) is 0 Å². The van der Waals surface area contributed by atoms with Crippen molar-refractivity contribution in [3.05, 3.63) is 40.4 Å². The Morgan fingerprint density at radius 1 is 1.16 bits per heavy atom. The summed E-state index contributed by atoms with van der Waals surface area (Å²) in [5.41, 5.74) is 1.55. The van der Waals surface area contributed by atoms with Crippen molar-refractivity contribution in [2.45, 2.75) is 25.8 Å². The molecule has 2 aliphatic heterocycles. The molecule has 2 amide bonds. The molecular formula is C19H23ClN2O3. The molecule has 3 rings (SSSR count). The summed E-state index contributed by atoms with van der Waals surface area (Å²) < 4.78 is 5.31. The summed E-state index contributed by atoms with van der Waals surface area (Å²) in [6.07, 6.45) is 3.43. The number of carbonyl (C=O) groups is 2. The van der Waals surface area contributed by atoms with E-state index < -0.39 is 0 Å². The lowest BCUT2D eigenvalue weighted by Crippen LogP contribution is -2.51. The minimum atomic E-state index is -0.348. The fraction of sp³-hybridized carbons (Fsp3) is 0.474. The van der Waals surface area contributed by atoms with Gasteiger partial charge in [-0.2, -0.15) is 0 Å². The summed E-state index contributed by atoms with van der Waals surface area (Å²) in [5, 5.41) is 0.664. The molecule has 0 aliphatic carbocycles. The van der Waals surface area contributed by atoms with Gasteiger partial charge >= 0.3 is 0 Å². The minimum Gasteiger partial charge on any atom is -0.378 e. The summed E-state index contributed by atoms with van der Waals surface area (Å²) in [5.74, 6) is -0.0208. The summed E-state index contributed by atoms with van der Waals surface area (Å²) in [4.78, 5) is 29.2. The smallest absolute Gasteiger partial charge is 0.250 e. The number of benzene rings is 1. The molecule has 0 unspecified atom stereocenters. The first-order valence-corrected chi connectivity index (χ1v) is 9.05. The van der Waals surface area contributed by atoms with Crippen molar-refractivity contribution in [2.24, 2.45) is 0 Å². The van der Waals surface area contributed by atoms with Crippen molar-refractivity contribution < 1.29 is 14.3 Å². The number of morpholine rings is 1.